The summed E-state index contributed by atoms with van der Waals surface area (Å²) in [7, 11) is 4.17. The molecule has 0 bridgehead atoms. The van der Waals surface area contributed by atoms with E-state index < -0.39 is 17.4 Å². The second kappa shape index (κ2) is 5.25. The third-order valence-electron chi connectivity index (χ3n) is 4.40. The fourth-order valence-electron chi connectivity index (χ4n) is 3.35. The van der Waals surface area contributed by atoms with Crippen molar-refractivity contribution in [3.63, 3.8) is 0 Å². The summed E-state index contributed by atoms with van der Waals surface area (Å²) in [6, 6.07) is 1.47. The van der Waals surface area contributed by atoms with Crippen molar-refractivity contribution in [3.8, 4) is 11.5 Å². The molecular formula is C17H14O8. The van der Waals surface area contributed by atoms with Crippen LogP contribution in [0.2, 0.25) is 0 Å². The van der Waals surface area contributed by atoms with Crippen LogP contribution in [0.25, 0.3) is 27.5 Å². The Hall–Kier alpha value is -3.00. The molecule has 0 aliphatic heterocycles. The van der Waals surface area contributed by atoms with E-state index in [1.807, 2.05) is 0 Å². The van der Waals surface area contributed by atoms with Gasteiger partial charge in [0.15, 0.2) is 22.5 Å². The van der Waals surface area contributed by atoms with Gasteiger partial charge in [0.2, 0.25) is 5.75 Å². The molecule has 1 aromatic carbocycles. The zero-order valence-electron chi connectivity index (χ0n) is 13.7. The molecule has 0 fully saturated rings. The molecular weight excluding hydrogens is 332 g/mol. The minimum Gasteiger partial charge on any atom is -0.494 e. The largest absolute Gasteiger partial charge is 0.494 e. The maximum absolute atomic E-state index is 12.5. The van der Waals surface area contributed by atoms with Gasteiger partial charge in [0.05, 0.1) is 32.3 Å². The number of aliphatic hydroxyl groups excluding tert-OH is 1. The average molecular weight is 346 g/mol. The molecule has 8 nitrogen and oxygen atoms in total. The first-order valence-corrected chi connectivity index (χ1v) is 7.45. The molecule has 4 rings (SSSR count). The van der Waals surface area contributed by atoms with E-state index in [9.17, 15) is 14.7 Å². The van der Waals surface area contributed by atoms with E-state index >= 15 is 0 Å². The molecule has 2 aromatic heterocycles. The van der Waals surface area contributed by atoms with E-state index in [2.05, 4.69) is 0 Å². The summed E-state index contributed by atoms with van der Waals surface area (Å²) in [5.41, 5.74) is -0.987. The third-order valence-corrected chi connectivity index (χ3v) is 4.40. The Bertz CT molecular complexity index is 1180. The van der Waals surface area contributed by atoms with Crippen LogP contribution < -0.4 is 26.1 Å². The molecule has 1 unspecified atom stereocenters. The van der Waals surface area contributed by atoms with Crippen molar-refractivity contribution in [1.29, 1.82) is 0 Å². The third kappa shape index (κ3) is 1.91. The standard InChI is InChI=1S/C17H14O8/c1-21-9-5-7-11-10-6(16(19)25-15(11)13(9)23-3)4-8(18)12(22-2)14(10)24-17(7)20/h5,8,18H,4H2,1-3H3. The van der Waals surface area contributed by atoms with Gasteiger partial charge >= 0.3 is 11.3 Å². The molecule has 1 atom stereocenters. The van der Waals surface area contributed by atoms with Gasteiger partial charge in [0, 0.05) is 17.2 Å². The normalized spacial score (nSPS) is 16.5. The summed E-state index contributed by atoms with van der Waals surface area (Å²) in [6.45, 7) is 0. The van der Waals surface area contributed by atoms with Crippen molar-refractivity contribution in [1.82, 2.24) is 0 Å². The topological polar surface area (TPSA) is 108 Å². The summed E-state index contributed by atoms with van der Waals surface area (Å²) in [6.07, 6.45) is -1.12. The highest BCUT2D eigenvalue weighted by Gasteiger charge is 2.31. The highest BCUT2D eigenvalue weighted by atomic mass is 16.5. The molecule has 0 saturated carbocycles. The van der Waals surface area contributed by atoms with Crippen LogP contribution in [0.1, 0.15) is 5.56 Å². The first-order chi connectivity index (χ1) is 12.0. The Morgan fingerprint density at radius 2 is 1.80 bits per heavy atom. The van der Waals surface area contributed by atoms with Crippen LogP contribution >= 0.6 is 0 Å². The summed E-state index contributed by atoms with van der Waals surface area (Å²) in [5, 5.41) is 11.1. The minimum absolute atomic E-state index is 0.00832. The first kappa shape index (κ1) is 15.5. The second-order valence-corrected chi connectivity index (χ2v) is 5.61. The molecule has 2 heterocycles. The summed E-state index contributed by atoms with van der Waals surface area (Å²) < 4.78 is 26.5. The van der Waals surface area contributed by atoms with Crippen LogP contribution in [0.3, 0.4) is 0 Å². The Morgan fingerprint density at radius 3 is 2.44 bits per heavy atom. The number of rotatable bonds is 3. The Morgan fingerprint density at radius 1 is 1.04 bits per heavy atom. The van der Waals surface area contributed by atoms with E-state index in [1.54, 1.807) is 0 Å². The summed E-state index contributed by atoms with van der Waals surface area (Å²) in [4.78, 5) is 25.0. The van der Waals surface area contributed by atoms with Crippen LogP contribution in [-0.4, -0.2) is 32.5 Å². The smallest absolute Gasteiger partial charge is 0.344 e. The Labute approximate surface area is 139 Å². The van der Waals surface area contributed by atoms with Crippen LogP contribution in [0.5, 0.6) is 11.5 Å². The zero-order valence-corrected chi connectivity index (χ0v) is 13.7. The number of benzene rings is 1. The van der Waals surface area contributed by atoms with Gasteiger partial charge in [-0.3, -0.25) is 0 Å². The summed E-state index contributed by atoms with van der Waals surface area (Å²) >= 11 is 0. The van der Waals surface area contributed by atoms with Gasteiger partial charge in [-0.2, -0.15) is 0 Å². The van der Waals surface area contributed by atoms with Crippen LogP contribution in [0, 0.1) is 0 Å². The summed E-state index contributed by atoms with van der Waals surface area (Å²) in [5.74, 6) is 0.522. The van der Waals surface area contributed by atoms with E-state index in [-0.39, 0.29) is 45.6 Å². The van der Waals surface area contributed by atoms with Gasteiger partial charge in [-0.1, -0.05) is 0 Å². The van der Waals surface area contributed by atoms with Crippen LogP contribution in [-0.2, 0) is 11.2 Å². The van der Waals surface area contributed by atoms with Crippen LogP contribution in [0.15, 0.2) is 24.5 Å². The van der Waals surface area contributed by atoms with E-state index in [1.165, 1.54) is 27.4 Å². The quantitative estimate of drug-likeness (QED) is 0.675. The van der Waals surface area contributed by atoms with Crippen molar-refractivity contribution in [2.75, 3.05) is 21.3 Å². The number of hydrogen-bond donors (Lipinski definition) is 1. The lowest BCUT2D eigenvalue weighted by molar-refractivity contribution is 0.170. The molecule has 3 aromatic rings. The lowest BCUT2D eigenvalue weighted by Gasteiger charge is -2.20. The number of hydrogen-bond acceptors (Lipinski definition) is 8. The average Bonchev–Trinajstić information content (AvgIpc) is 2.60. The first-order valence-electron chi connectivity index (χ1n) is 7.45. The molecule has 1 N–H and O–H groups in total. The Kier molecular flexibility index (Phi) is 3.26. The zero-order chi connectivity index (χ0) is 17.9. The van der Waals surface area contributed by atoms with Gasteiger partial charge in [-0.15, -0.1) is 0 Å². The fraction of sp³-hybridized carbons (Fsp3) is 0.294. The minimum atomic E-state index is -1.11. The second-order valence-electron chi connectivity index (χ2n) is 5.61. The molecule has 0 saturated heterocycles. The highest BCUT2D eigenvalue weighted by Crippen LogP contribution is 2.39. The number of aliphatic hydroxyl groups is 1. The molecule has 25 heavy (non-hydrogen) atoms. The molecule has 1 aliphatic rings. The molecule has 0 radical (unpaired) electrons. The van der Waals surface area contributed by atoms with Gasteiger partial charge in [-0.05, 0) is 6.07 Å². The molecule has 130 valence electrons. The van der Waals surface area contributed by atoms with Crippen molar-refractivity contribution < 1.29 is 28.2 Å². The van der Waals surface area contributed by atoms with Crippen molar-refractivity contribution >= 4 is 27.5 Å². The molecule has 0 amide bonds. The fourth-order valence-corrected chi connectivity index (χ4v) is 3.35. The highest BCUT2D eigenvalue weighted by molar-refractivity contribution is 6.11. The predicted molar refractivity (Wildman–Crippen MR) is 87.0 cm³/mol. The van der Waals surface area contributed by atoms with Gasteiger partial charge < -0.3 is 28.2 Å². The van der Waals surface area contributed by atoms with Gasteiger partial charge in [0.25, 0.3) is 0 Å². The SMILES string of the molecule is COC1=c2oc(=O)c3cc(OC)c(OC)c4oc(=O)c(c2c43)CC1O. The van der Waals surface area contributed by atoms with Gasteiger partial charge in [0.1, 0.15) is 6.10 Å². The predicted octanol–water partition coefficient (Wildman–Crippen LogP) is 0.307. The van der Waals surface area contributed by atoms with Crippen molar-refractivity contribution in [2.45, 2.75) is 12.5 Å². The van der Waals surface area contributed by atoms with E-state index in [0.717, 1.165) is 0 Å². The van der Waals surface area contributed by atoms with Gasteiger partial charge in [-0.25, -0.2) is 9.59 Å². The maximum Gasteiger partial charge on any atom is 0.344 e. The maximum atomic E-state index is 12.5. The van der Waals surface area contributed by atoms with Crippen LogP contribution in [0.4, 0.5) is 0 Å². The Balaban J connectivity index is 2.42. The molecule has 1 aliphatic carbocycles. The molecule has 0 spiro atoms. The number of methoxy groups -OCH3 is 3. The van der Waals surface area contributed by atoms with Crippen molar-refractivity contribution in [2.24, 2.45) is 0 Å². The monoisotopic (exact) mass is 346 g/mol. The lowest BCUT2D eigenvalue weighted by Crippen LogP contribution is -2.33. The molecule has 8 heteroatoms. The lowest BCUT2D eigenvalue weighted by atomic mass is 9.94. The van der Waals surface area contributed by atoms with Crippen molar-refractivity contribution in [3.05, 3.63) is 37.9 Å². The van der Waals surface area contributed by atoms with E-state index in [0.29, 0.717) is 10.8 Å². The number of ether oxygens (including phenoxy) is 3. The van der Waals surface area contributed by atoms with E-state index in [4.69, 9.17) is 23.0 Å².